The monoisotopic (exact) mass is 410 g/mol. The summed E-state index contributed by atoms with van der Waals surface area (Å²) in [6, 6.07) is 6.77. The quantitative estimate of drug-likeness (QED) is 0.768. The van der Waals surface area contributed by atoms with Crippen LogP contribution in [0, 0.1) is 18.2 Å². The van der Waals surface area contributed by atoms with Gasteiger partial charge in [0.15, 0.2) is 0 Å². The third kappa shape index (κ3) is 5.26. The van der Waals surface area contributed by atoms with Crippen LogP contribution in [0.1, 0.15) is 31.0 Å². The van der Waals surface area contributed by atoms with E-state index in [9.17, 15) is 14.0 Å². The summed E-state index contributed by atoms with van der Waals surface area (Å²) in [5.41, 5.74) is 6.89. The van der Waals surface area contributed by atoms with Crippen LogP contribution in [-0.4, -0.2) is 41.0 Å². The van der Waals surface area contributed by atoms with Crippen LogP contribution in [0.15, 0.2) is 36.5 Å². The Hall–Kier alpha value is -3.60. The van der Waals surface area contributed by atoms with Crippen LogP contribution in [0.2, 0.25) is 0 Å². The molecular weight excluding hydrogens is 387 g/mol. The van der Waals surface area contributed by atoms with Gasteiger partial charge in [0.1, 0.15) is 23.4 Å². The number of nitrogens with zero attached hydrogens (tertiary/aromatic N) is 3. The first kappa shape index (κ1) is 21.1. The van der Waals surface area contributed by atoms with Crippen LogP contribution in [0.5, 0.6) is 5.75 Å². The number of carbonyl (C=O) groups is 2. The predicted octanol–water partition coefficient (Wildman–Crippen LogP) is 2.68. The molecule has 1 atom stereocenters. The smallest absolute Gasteiger partial charge is 0.319 e. The van der Waals surface area contributed by atoms with Gasteiger partial charge in [0, 0.05) is 19.5 Å². The molecule has 0 radical (unpaired) electrons. The van der Waals surface area contributed by atoms with Gasteiger partial charge in [-0.1, -0.05) is 5.92 Å². The maximum atomic E-state index is 14.2. The number of nitrogens with two attached hydrogens (primary N) is 1. The van der Waals surface area contributed by atoms with Crippen molar-refractivity contribution in [3.05, 3.63) is 53.6 Å². The summed E-state index contributed by atoms with van der Waals surface area (Å²) in [4.78, 5) is 30.6. The van der Waals surface area contributed by atoms with E-state index in [1.165, 1.54) is 30.2 Å². The first-order valence-electron chi connectivity index (χ1n) is 9.57. The van der Waals surface area contributed by atoms with Gasteiger partial charge in [0.25, 0.3) is 0 Å². The molecule has 2 N–H and O–H groups in total. The number of likely N-dealkylation sites (tertiary alicyclic amines) is 1. The number of benzene rings is 1. The van der Waals surface area contributed by atoms with E-state index in [1.807, 2.05) is 0 Å². The number of anilines is 1. The number of hydrogen-bond acceptors (Lipinski definition) is 4. The fraction of sp³-hybridized carbons (Fsp3) is 0.318. The van der Waals surface area contributed by atoms with Gasteiger partial charge < -0.3 is 15.4 Å². The number of urea groups is 1. The number of rotatable bonds is 5. The number of halogens is 1. The molecule has 30 heavy (non-hydrogen) atoms. The lowest BCUT2D eigenvalue weighted by Gasteiger charge is -2.32. The van der Waals surface area contributed by atoms with Gasteiger partial charge in [-0.2, -0.15) is 0 Å². The standard InChI is InChI=1S/C22H23FN4O3/c1-3-18-6-7-19(12-25-18)27(22(24)29)13-16-9-17(23)11-21(10-16)30-20-5-4-8-26(14-20)15(2)28/h1,6-7,9-12,20H,4-5,8,13-14H2,2H3,(H2,24,29)/t20-/m1/s1. The Morgan fingerprint density at radius 1 is 1.40 bits per heavy atom. The molecule has 0 bridgehead atoms. The summed E-state index contributed by atoms with van der Waals surface area (Å²) in [7, 11) is 0. The largest absolute Gasteiger partial charge is 0.488 e. The number of hydrogen-bond donors (Lipinski definition) is 1. The summed E-state index contributed by atoms with van der Waals surface area (Å²) in [5, 5.41) is 0. The molecule has 1 aromatic heterocycles. The van der Waals surface area contributed by atoms with Crippen molar-refractivity contribution in [1.29, 1.82) is 0 Å². The Balaban J connectivity index is 1.77. The van der Waals surface area contributed by atoms with E-state index in [1.54, 1.807) is 23.1 Å². The van der Waals surface area contributed by atoms with E-state index in [4.69, 9.17) is 16.9 Å². The van der Waals surface area contributed by atoms with E-state index in [0.717, 1.165) is 12.8 Å². The number of piperidine rings is 1. The Morgan fingerprint density at radius 3 is 2.83 bits per heavy atom. The molecule has 2 heterocycles. The normalized spacial score (nSPS) is 15.9. The first-order chi connectivity index (χ1) is 14.4. The van der Waals surface area contributed by atoms with Gasteiger partial charge in [-0.3, -0.25) is 9.69 Å². The van der Waals surface area contributed by atoms with Crippen LogP contribution in [0.3, 0.4) is 0 Å². The van der Waals surface area contributed by atoms with E-state index in [2.05, 4.69) is 10.9 Å². The molecule has 1 aromatic carbocycles. The van der Waals surface area contributed by atoms with E-state index >= 15 is 0 Å². The molecule has 8 heteroatoms. The number of terminal acetylenes is 1. The number of ether oxygens (including phenoxy) is 1. The van der Waals surface area contributed by atoms with Crippen molar-refractivity contribution in [2.24, 2.45) is 5.73 Å². The van der Waals surface area contributed by atoms with Gasteiger partial charge in [0.05, 0.1) is 25.0 Å². The van der Waals surface area contributed by atoms with Crippen LogP contribution < -0.4 is 15.4 Å². The van der Waals surface area contributed by atoms with E-state index < -0.39 is 11.8 Å². The minimum Gasteiger partial charge on any atom is -0.488 e. The van der Waals surface area contributed by atoms with Crippen LogP contribution in [0.4, 0.5) is 14.9 Å². The van der Waals surface area contributed by atoms with E-state index in [-0.39, 0.29) is 18.6 Å². The van der Waals surface area contributed by atoms with Crippen molar-refractivity contribution in [3.8, 4) is 18.1 Å². The molecule has 1 saturated heterocycles. The molecule has 1 aliphatic heterocycles. The number of pyridine rings is 1. The highest BCUT2D eigenvalue weighted by Crippen LogP contribution is 2.24. The average molecular weight is 410 g/mol. The van der Waals surface area contributed by atoms with Gasteiger partial charge >= 0.3 is 6.03 Å². The van der Waals surface area contributed by atoms with Gasteiger partial charge in [-0.25, -0.2) is 14.2 Å². The molecule has 3 rings (SSSR count). The molecule has 3 amide bonds. The zero-order valence-corrected chi connectivity index (χ0v) is 16.7. The van der Waals surface area contributed by atoms with Crippen LogP contribution >= 0.6 is 0 Å². The third-order valence-electron chi connectivity index (χ3n) is 4.87. The molecule has 7 nitrogen and oxygen atoms in total. The highest BCUT2D eigenvalue weighted by molar-refractivity contribution is 5.90. The SMILES string of the molecule is C#Cc1ccc(N(Cc2cc(F)cc(O[C@@H]3CCCN(C(C)=O)C3)c2)C(N)=O)cn1. The predicted molar refractivity (Wildman–Crippen MR) is 110 cm³/mol. The van der Waals surface area contributed by atoms with Gasteiger partial charge in [0.2, 0.25) is 5.91 Å². The first-order valence-corrected chi connectivity index (χ1v) is 9.57. The van der Waals surface area contributed by atoms with Gasteiger partial charge in [-0.15, -0.1) is 6.42 Å². The zero-order chi connectivity index (χ0) is 21.7. The number of carbonyl (C=O) groups excluding carboxylic acids is 2. The van der Waals surface area contributed by atoms with Crippen molar-refractivity contribution in [2.75, 3.05) is 18.0 Å². The highest BCUT2D eigenvalue weighted by atomic mass is 19.1. The molecule has 0 saturated carbocycles. The minimum atomic E-state index is -0.707. The number of aromatic nitrogens is 1. The molecule has 0 unspecified atom stereocenters. The lowest BCUT2D eigenvalue weighted by molar-refractivity contribution is -0.131. The van der Waals surface area contributed by atoms with Crippen LogP contribution in [0.25, 0.3) is 0 Å². The number of amides is 3. The maximum Gasteiger partial charge on any atom is 0.319 e. The lowest BCUT2D eigenvalue weighted by atomic mass is 10.1. The van der Waals surface area contributed by atoms with Crippen molar-refractivity contribution >= 4 is 17.6 Å². The molecular formula is C22H23FN4O3. The third-order valence-corrected chi connectivity index (χ3v) is 4.87. The molecule has 2 aromatic rings. The van der Waals surface area contributed by atoms with Crippen molar-refractivity contribution in [1.82, 2.24) is 9.88 Å². The molecule has 1 aliphatic rings. The second kappa shape index (κ2) is 9.27. The Kier molecular flexibility index (Phi) is 6.52. The molecule has 156 valence electrons. The topological polar surface area (TPSA) is 88.8 Å². The lowest BCUT2D eigenvalue weighted by Crippen LogP contribution is -2.43. The summed E-state index contributed by atoms with van der Waals surface area (Å²) < 4.78 is 20.2. The second-order valence-corrected chi connectivity index (χ2v) is 7.11. The number of primary amides is 1. The van der Waals surface area contributed by atoms with E-state index in [0.29, 0.717) is 35.8 Å². The van der Waals surface area contributed by atoms with Crippen molar-refractivity contribution in [3.63, 3.8) is 0 Å². The van der Waals surface area contributed by atoms with Crippen LogP contribution in [-0.2, 0) is 11.3 Å². The Bertz CT molecular complexity index is 971. The minimum absolute atomic E-state index is 0.00945. The average Bonchev–Trinajstić information content (AvgIpc) is 2.72. The highest BCUT2D eigenvalue weighted by Gasteiger charge is 2.23. The molecule has 1 fully saturated rings. The Labute approximate surface area is 174 Å². The fourth-order valence-electron chi connectivity index (χ4n) is 3.40. The van der Waals surface area contributed by atoms with Gasteiger partial charge in [-0.05, 0) is 42.7 Å². The Morgan fingerprint density at radius 2 is 2.20 bits per heavy atom. The summed E-state index contributed by atoms with van der Waals surface area (Å²) in [5.74, 6) is 2.23. The fourth-order valence-corrected chi connectivity index (χ4v) is 3.40. The molecule has 0 aliphatic carbocycles. The zero-order valence-electron chi connectivity index (χ0n) is 16.7. The summed E-state index contributed by atoms with van der Waals surface area (Å²) >= 11 is 0. The summed E-state index contributed by atoms with van der Waals surface area (Å²) in [6.45, 7) is 2.71. The molecule has 0 spiro atoms. The maximum absolute atomic E-state index is 14.2. The summed E-state index contributed by atoms with van der Waals surface area (Å²) in [6.07, 6.45) is 8.12. The second-order valence-electron chi connectivity index (χ2n) is 7.11. The van der Waals surface area contributed by atoms with Crippen molar-refractivity contribution in [2.45, 2.75) is 32.4 Å². The van der Waals surface area contributed by atoms with Crippen molar-refractivity contribution < 1.29 is 18.7 Å².